The molecule has 122 valence electrons. The van der Waals surface area contributed by atoms with E-state index >= 15 is 0 Å². The smallest absolute Gasteiger partial charge is 0.335 e. The molecular formula is C16H24O5Sn. The van der Waals surface area contributed by atoms with Crippen LogP contribution in [-0.4, -0.2) is 41.9 Å². The van der Waals surface area contributed by atoms with Gasteiger partial charge in [-0.05, 0) is 24.3 Å². The molecular weight excluding hydrogens is 391 g/mol. The van der Waals surface area contributed by atoms with Crippen LogP contribution in [-0.2, 0) is 3.08 Å². The van der Waals surface area contributed by atoms with Gasteiger partial charge >= 0.3 is 83.2 Å². The Morgan fingerprint density at radius 1 is 0.864 bits per heavy atom. The zero-order valence-electron chi connectivity index (χ0n) is 13.2. The van der Waals surface area contributed by atoms with Gasteiger partial charge in [-0.15, -0.1) is 0 Å². The third-order valence-corrected chi connectivity index (χ3v) is 8.20. The van der Waals surface area contributed by atoms with Crippen LogP contribution in [0.1, 0.15) is 60.2 Å². The first-order chi connectivity index (χ1) is 10.4. The molecule has 0 aliphatic heterocycles. The summed E-state index contributed by atoms with van der Waals surface area (Å²) in [5, 5.41) is 16.9. The van der Waals surface area contributed by atoms with Gasteiger partial charge in [0.1, 0.15) is 0 Å². The summed E-state index contributed by atoms with van der Waals surface area (Å²) in [7, 11) is 0. The number of rotatable bonds is 8. The van der Waals surface area contributed by atoms with Crippen molar-refractivity contribution >= 4 is 31.7 Å². The minimum Gasteiger partial charge on any atom is -0.478 e. The van der Waals surface area contributed by atoms with Crippen LogP contribution in [0.2, 0.25) is 8.87 Å². The summed E-state index contributed by atoms with van der Waals surface area (Å²) in [6, 6.07) is 5.02. The van der Waals surface area contributed by atoms with Gasteiger partial charge in [-0.3, -0.25) is 0 Å². The number of carboxylic acids is 2. The summed E-state index contributed by atoms with van der Waals surface area (Å²) in [4.78, 5) is 20.7. The van der Waals surface area contributed by atoms with E-state index in [1.807, 2.05) is 0 Å². The van der Waals surface area contributed by atoms with Crippen LogP contribution in [0.4, 0.5) is 0 Å². The number of hydrogen-bond donors (Lipinski definition) is 2. The van der Waals surface area contributed by atoms with Gasteiger partial charge < -0.3 is 10.2 Å². The van der Waals surface area contributed by atoms with Crippen LogP contribution >= 0.6 is 0 Å². The Balaban J connectivity index is 0.000000409. The van der Waals surface area contributed by atoms with E-state index in [-0.39, 0.29) is 11.1 Å². The van der Waals surface area contributed by atoms with Crippen molar-refractivity contribution < 1.29 is 22.9 Å². The van der Waals surface area contributed by atoms with Crippen LogP contribution in [0.3, 0.4) is 0 Å². The van der Waals surface area contributed by atoms with Gasteiger partial charge in [0.15, 0.2) is 0 Å². The summed E-state index contributed by atoms with van der Waals surface area (Å²) in [6.07, 6.45) is 4.81. The SMILES string of the molecule is CCC[CH2][Sn](=[O])[CH2]CCC.O=C(O)c1ccc(C(=O)O)cc1. The van der Waals surface area contributed by atoms with Crippen molar-refractivity contribution in [2.45, 2.75) is 48.4 Å². The van der Waals surface area contributed by atoms with Crippen molar-refractivity contribution in [1.29, 1.82) is 0 Å². The molecule has 5 nitrogen and oxygen atoms in total. The largest absolute Gasteiger partial charge is 0.478 e. The Kier molecular flexibility index (Phi) is 11.6. The molecule has 0 heterocycles. The normalized spacial score (nSPS) is 9.55. The third-order valence-electron chi connectivity index (χ3n) is 3.00. The Hall–Kier alpha value is -1.24. The number of carboxylic acid groups (broad SMARTS) is 2. The van der Waals surface area contributed by atoms with Gasteiger partial charge in [-0.1, -0.05) is 0 Å². The Morgan fingerprint density at radius 2 is 1.18 bits per heavy atom. The predicted octanol–water partition coefficient (Wildman–Crippen LogP) is 4.09. The van der Waals surface area contributed by atoms with E-state index in [1.54, 1.807) is 0 Å². The minimum absolute atomic E-state index is 0.0833. The second kappa shape index (κ2) is 12.3. The van der Waals surface area contributed by atoms with Crippen molar-refractivity contribution in [3.05, 3.63) is 35.4 Å². The number of unbranched alkanes of at least 4 members (excludes halogenated alkanes) is 2. The summed E-state index contributed by atoms with van der Waals surface area (Å²) in [6.45, 7) is 4.33. The first kappa shape index (κ1) is 20.8. The topological polar surface area (TPSA) is 91.7 Å². The van der Waals surface area contributed by atoms with Crippen molar-refractivity contribution in [1.82, 2.24) is 0 Å². The quantitative estimate of drug-likeness (QED) is 0.625. The van der Waals surface area contributed by atoms with Gasteiger partial charge in [0.25, 0.3) is 0 Å². The number of aromatic carboxylic acids is 2. The van der Waals surface area contributed by atoms with E-state index in [2.05, 4.69) is 13.8 Å². The van der Waals surface area contributed by atoms with Gasteiger partial charge in [-0.25, -0.2) is 9.59 Å². The van der Waals surface area contributed by atoms with Crippen molar-refractivity contribution in [2.24, 2.45) is 0 Å². The molecule has 1 aromatic rings. The van der Waals surface area contributed by atoms with Gasteiger partial charge in [0.2, 0.25) is 0 Å². The van der Waals surface area contributed by atoms with E-state index in [0.717, 1.165) is 8.87 Å². The van der Waals surface area contributed by atoms with Gasteiger partial charge in [0, 0.05) is 0 Å². The molecule has 6 heteroatoms. The van der Waals surface area contributed by atoms with E-state index in [0.29, 0.717) is 0 Å². The molecule has 22 heavy (non-hydrogen) atoms. The fraction of sp³-hybridized carbons (Fsp3) is 0.500. The fourth-order valence-electron chi connectivity index (χ4n) is 1.63. The van der Waals surface area contributed by atoms with E-state index in [1.165, 1.54) is 49.9 Å². The average molecular weight is 415 g/mol. The molecule has 0 aliphatic rings. The Labute approximate surface area is 138 Å². The second-order valence-corrected chi connectivity index (χ2v) is 10.9. The van der Waals surface area contributed by atoms with Gasteiger partial charge in [0.05, 0.1) is 11.1 Å². The molecule has 0 aromatic heterocycles. The van der Waals surface area contributed by atoms with E-state index in [4.69, 9.17) is 10.2 Å². The number of benzene rings is 1. The Bertz CT molecular complexity index is 439. The maximum atomic E-state index is 11.2. The maximum Gasteiger partial charge on any atom is 0.335 e. The first-order valence-corrected chi connectivity index (χ1v) is 12.7. The molecule has 1 rings (SSSR count). The summed E-state index contributed by atoms with van der Waals surface area (Å²) in [5.41, 5.74) is 0.167. The third kappa shape index (κ3) is 9.65. The molecule has 1 aromatic carbocycles. The van der Waals surface area contributed by atoms with E-state index in [9.17, 15) is 12.7 Å². The van der Waals surface area contributed by atoms with Crippen LogP contribution in [0, 0.1) is 0 Å². The Morgan fingerprint density at radius 3 is 1.41 bits per heavy atom. The zero-order chi connectivity index (χ0) is 17.0. The van der Waals surface area contributed by atoms with Crippen molar-refractivity contribution in [3.8, 4) is 0 Å². The summed E-state index contributed by atoms with van der Waals surface area (Å²) < 4.78 is 13.4. The molecule has 0 spiro atoms. The predicted molar refractivity (Wildman–Crippen MR) is 86.2 cm³/mol. The fourth-order valence-corrected chi connectivity index (χ4v) is 6.61. The van der Waals surface area contributed by atoms with Gasteiger partial charge in [-0.2, -0.15) is 0 Å². The molecule has 0 aliphatic carbocycles. The molecule has 0 fully saturated rings. The minimum atomic E-state index is -1.99. The molecule has 0 atom stereocenters. The maximum absolute atomic E-state index is 11.2. The zero-order valence-corrected chi connectivity index (χ0v) is 16.0. The van der Waals surface area contributed by atoms with Crippen LogP contribution in [0.15, 0.2) is 24.3 Å². The van der Waals surface area contributed by atoms with Crippen molar-refractivity contribution in [3.63, 3.8) is 0 Å². The summed E-state index contributed by atoms with van der Waals surface area (Å²) >= 11 is -1.99. The van der Waals surface area contributed by atoms with E-state index < -0.39 is 31.7 Å². The molecule has 0 amide bonds. The molecule has 0 radical (unpaired) electrons. The standard InChI is InChI=1S/C8H6O4.2C4H9.O.Sn/c9-7(10)5-1-2-6(4-3-5)8(11)12;2*1-3-4-2;;/h1-4H,(H,9,10)(H,11,12);2*1,3-4H2,2H3;;. The number of carbonyl (C=O) groups is 2. The van der Waals surface area contributed by atoms with Crippen molar-refractivity contribution in [2.75, 3.05) is 0 Å². The molecule has 0 unspecified atom stereocenters. The first-order valence-electron chi connectivity index (χ1n) is 7.50. The monoisotopic (exact) mass is 416 g/mol. The molecule has 0 saturated carbocycles. The summed E-state index contributed by atoms with van der Waals surface area (Å²) in [5.74, 6) is -2.13. The van der Waals surface area contributed by atoms with Crippen LogP contribution in [0.25, 0.3) is 0 Å². The van der Waals surface area contributed by atoms with Crippen LogP contribution in [0.5, 0.6) is 0 Å². The molecule has 0 bridgehead atoms. The number of hydrogen-bond acceptors (Lipinski definition) is 3. The average Bonchev–Trinajstić information content (AvgIpc) is 2.51. The second-order valence-electron chi connectivity index (χ2n) is 4.93. The molecule has 0 saturated heterocycles. The van der Waals surface area contributed by atoms with Crippen LogP contribution < -0.4 is 0 Å². The molecule has 2 N–H and O–H groups in total.